The van der Waals surface area contributed by atoms with Gasteiger partial charge in [0.05, 0.1) is 12.1 Å². The molecular formula is C15H33N3O. The van der Waals surface area contributed by atoms with Gasteiger partial charge in [-0.3, -0.25) is 4.90 Å². The van der Waals surface area contributed by atoms with E-state index in [0.717, 1.165) is 32.2 Å². The van der Waals surface area contributed by atoms with Crippen LogP contribution in [0, 0.1) is 11.8 Å². The largest absolute Gasteiger partial charge is 0.383 e. The molecule has 0 amide bonds. The van der Waals surface area contributed by atoms with Crippen molar-refractivity contribution in [3.63, 3.8) is 0 Å². The van der Waals surface area contributed by atoms with Crippen molar-refractivity contribution in [2.75, 3.05) is 54.0 Å². The minimum absolute atomic E-state index is 0.0506. The number of hydrogen-bond donors (Lipinski definition) is 1. The molecule has 1 aliphatic carbocycles. The smallest absolute Gasteiger partial charge is 0.0661 e. The Morgan fingerprint density at radius 1 is 1.26 bits per heavy atom. The molecular weight excluding hydrogens is 238 g/mol. The molecule has 0 bridgehead atoms. The fourth-order valence-electron chi connectivity index (χ4n) is 2.95. The Balaban J connectivity index is 2.81. The zero-order valence-electron chi connectivity index (χ0n) is 13.5. The highest BCUT2D eigenvalue weighted by molar-refractivity contribution is 5.04. The summed E-state index contributed by atoms with van der Waals surface area (Å²) in [5.74, 6) is 1.38. The van der Waals surface area contributed by atoms with Crippen LogP contribution in [0.4, 0.5) is 0 Å². The van der Waals surface area contributed by atoms with E-state index < -0.39 is 0 Å². The van der Waals surface area contributed by atoms with Crippen LogP contribution >= 0.6 is 0 Å². The molecule has 0 aromatic heterocycles. The van der Waals surface area contributed by atoms with Gasteiger partial charge in [-0.1, -0.05) is 13.8 Å². The van der Waals surface area contributed by atoms with Crippen molar-refractivity contribution in [1.29, 1.82) is 0 Å². The summed E-state index contributed by atoms with van der Waals surface area (Å²) in [5.41, 5.74) is 6.23. The molecule has 1 aliphatic rings. The third kappa shape index (κ3) is 4.71. The van der Waals surface area contributed by atoms with E-state index >= 15 is 0 Å². The number of likely N-dealkylation sites (N-methyl/N-ethyl adjacent to an activating group) is 1. The number of rotatable bonds is 10. The molecule has 4 nitrogen and oxygen atoms in total. The molecule has 0 saturated heterocycles. The molecule has 4 heteroatoms. The van der Waals surface area contributed by atoms with Crippen molar-refractivity contribution >= 4 is 0 Å². The molecule has 2 N–H and O–H groups in total. The molecule has 0 radical (unpaired) electrons. The second kappa shape index (κ2) is 7.58. The Bertz CT molecular complexity index is 254. The Morgan fingerprint density at radius 2 is 1.89 bits per heavy atom. The molecule has 0 heterocycles. The summed E-state index contributed by atoms with van der Waals surface area (Å²) in [4.78, 5) is 4.84. The topological polar surface area (TPSA) is 41.7 Å². The molecule has 1 unspecified atom stereocenters. The molecule has 0 aliphatic heterocycles. The van der Waals surface area contributed by atoms with Crippen LogP contribution in [0.25, 0.3) is 0 Å². The summed E-state index contributed by atoms with van der Waals surface area (Å²) in [7, 11) is 6.06. The maximum absolute atomic E-state index is 6.18. The van der Waals surface area contributed by atoms with Crippen LogP contribution < -0.4 is 5.73 Å². The first-order valence-electron chi connectivity index (χ1n) is 7.55. The van der Waals surface area contributed by atoms with E-state index in [4.69, 9.17) is 10.5 Å². The van der Waals surface area contributed by atoms with E-state index in [9.17, 15) is 0 Å². The number of methoxy groups -OCH3 is 1. The van der Waals surface area contributed by atoms with E-state index in [1.165, 1.54) is 12.8 Å². The van der Waals surface area contributed by atoms with Crippen molar-refractivity contribution < 1.29 is 4.74 Å². The van der Waals surface area contributed by atoms with Gasteiger partial charge in [0.25, 0.3) is 0 Å². The zero-order valence-corrected chi connectivity index (χ0v) is 13.5. The molecule has 19 heavy (non-hydrogen) atoms. The molecule has 1 rings (SSSR count). The van der Waals surface area contributed by atoms with E-state index in [1.807, 2.05) is 0 Å². The number of nitrogens with zero attached hydrogens (tertiary/aromatic N) is 2. The maximum Gasteiger partial charge on any atom is 0.0661 e. The van der Waals surface area contributed by atoms with E-state index in [2.05, 4.69) is 37.7 Å². The summed E-state index contributed by atoms with van der Waals surface area (Å²) in [6.45, 7) is 9.27. The molecule has 114 valence electrons. The van der Waals surface area contributed by atoms with E-state index in [0.29, 0.717) is 12.5 Å². The van der Waals surface area contributed by atoms with Gasteiger partial charge in [-0.25, -0.2) is 0 Å². The second-order valence-corrected chi connectivity index (χ2v) is 6.66. The van der Waals surface area contributed by atoms with Crippen molar-refractivity contribution in [2.24, 2.45) is 17.6 Å². The number of nitrogens with two attached hydrogens (primary N) is 1. The van der Waals surface area contributed by atoms with Crippen molar-refractivity contribution in [3.05, 3.63) is 0 Å². The van der Waals surface area contributed by atoms with Gasteiger partial charge in [0, 0.05) is 33.3 Å². The zero-order chi connectivity index (χ0) is 14.5. The molecule has 0 aromatic rings. The average Bonchev–Trinajstić information content (AvgIpc) is 3.15. The summed E-state index contributed by atoms with van der Waals surface area (Å²) in [6, 6.07) is 0. The minimum atomic E-state index is 0.0506. The second-order valence-electron chi connectivity index (χ2n) is 6.66. The summed E-state index contributed by atoms with van der Waals surface area (Å²) >= 11 is 0. The van der Waals surface area contributed by atoms with Crippen LogP contribution in [0.2, 0.25) is 0 Å². The van der Waals surface area contributed by atoms with Crippen LogP contribution in [0.15, 0.2) is 0 Å². The van der Waals surface area contributed by atoms with Crippen LogP contribution in [0.3, 0.4) is 0 Å². The third-order valence-electron chi connectivity index (χ3n) is 4.12. The average molecular weight is 271 g/mol. The van der Waals surface area contributed by atoms with Gasteiger partial charge in [0.2, 0.25) is 0 Å². The van der Waals surface area contributed by atoms with Crippen molar-refractivity contribution in [1.82, 2.24) is 9.80 Å². The number of hydrogen-bond acceptors (Lipinski definition) is 4. The minimum Gasteiger partial charge on any atom is -0.383 e. The first-order valence-corrected chi connectivity index (χ1v) is 7.55. The lowest BCUT2D eigenvalue weighted by Gasteiger charge is -2.45. The fourth-order valence-corrected chi connectivity index (χ4v) is 2.95. The summed E-state index contributed by atoms with van der Waals surface area (Å²) in [6.07, 6.45) is 2.61. The quantitative estimate of drug-likeness (QED) is 0.649. The SMILES string of the molecule is COCC(CN)(C1CC1)N(CCN(C)C)CC(C)C. The van der Waals surface area contributed by atoms with E-state index in [1.54, 1.807) is 7.11 Å². The lowest BCUT2D eigenvalue weighted by Crippen LogP contribution is -2.60. The lowest BCUT2D eigenvalue weighted by atomic mass is 9.90. The predicted octanol–water partition coefficient (Wildman–Crippen LogP) is 1.26. The highest BCUT2D eigenvalue weighted by Gasteiger charge is 2.48. The Labute approximate surface area is 119 Å². The van der Waals surface area contributed by atoms with Gasteiger partial charge in [-0.15, -0.1) is 0 Å². The Morgan fingerprint density at radius 3 is 2.26 bits per heavy atom. The highest BCUT2D eigenvalue weighted by Crippen LogP contribution is 2.43. The predicted molar refractivity (Wildman–Crippen MR) is 81.4 cm³/mol. The van der Waals surface area contributed by atoms with Gasteiger partial charge in [0.15, 0.2) is 0 Å². The van der Waals surface area contributed by atoms with Crippen molar-refractivity contribution in [2.45, 2.75) is 32.2 Å². The van der Waals surface area contributed by atoms with Gasteiger partial charge >= 0.3 is 0 Å². The van der Waals surface area contributed by atoms with Crippen LogP contribution in [-0.2, 0) is 4.74 Å². The number of ether oxygens (including phenoxy) is 1. The van der Waals surface area contributed by atoms with Gasteiger partial charge in [-0.2, -0.15) is 0 Å². The molecule has 0 spiro atoms. The highest BCUT2D eigenvalue weighted by atomic mass is 16.5. The van der Waals surface area contributed by atoms with Gasteiger partial charge < -0.3 is 15.4 Å². The van der Waals surface area contributed by atoms with E-state index in [-0.39, 0.29) is 5.54 Å². The lowest BCUT2D eigenvalue weighted by molar-refractivity contribution is -0.00995. The van der Waals surface area contributed by atoms with Crippen LogP contribution in [0.1, 0.15) is 26.7 Å². The molecule has 1 saturated carbocycles. The Hall–Kier alpha value is -0.160. The van der Waals surface area contributed by atoms with Crippen molar-refractivity contribution in [3.8, 4) is 0 Å². The summed E-state index contributed by atoms with van der Waals surface area (Å²) < 4.78 is 5.53. The van der Waals surface area contributed by atoms with Crippen LogP contribution in [-0.4, -0.2) is 69.3 Å². The monoisotopic (exact) mass is 271 g/mol. The summed E-state index contributed by atoms with van der Waals surface area (Å²) in [5, 5.41) is 0. The molecule has 1 fully saturated rings. The molecule has 0 aromatic carbocycles. The third-order valence-corrected chi connectivity index (χ3v) is 4.12. The Kier molecular flexibility index (Phi) is 6.74. The fraction of sp³-hybridized carbons (Fsp3) is 1.00. The standard InChI is InChI=1S/C15H33N3O/c1-13(2)10-18(9-8-17(3)4)15(11-16,12-19-5)14-6-7-14/h13-14H,6-12,16H2,1-5H3. The first kappa shape index (κ1) is 16.9. The molecule has 1 atom stereocenters. The normalized spacial score (nSPS) is 19.4. The van der Waals surface area contributed by atoms with Crippen LogP contribution in [0.5, 0.6) is 0 Å². The first-order chi connectivity index (χ1) is 8.96. The van der Waals surface area contributed by atoms with Gasteiger partial charge in [0.1, 0.15) is 0 Å². The maximum atomic E-state index is 6.18. The van der Waals surface area contributed by atoms with Gasteiger partial charge in [-0.05, 0) is 38.8 Å².